The van der Waals surface area contributed by atoms with Crippen molar-refractivity contribution in [2.75, 3.05) is 5.32 Å². The highest BCUT2D eigenvalue weighted by Gasteiger charge is 2.31. The van der Waals surface area contributed by atoms with Gasteiger partial charge in [-0.1, -0.05) is 6.07 Å². The van der Waals surface area contributed by atoms with Crippen molar-refractivity contribution in [3.8, 4) is 0 Å². The number of carbonyl (C=O) groups is 1. The molecule has 1 aromatic heterocycles. The van der Waals surface area contributed by atoms with Gasteiger partial charge in [-0.05, 0) is 85.3 Å². The molecule has 0 bridgehead atoms. The molecule has 0 unspecified atom stereocenters. The van der Waals surface area contributed by atoms with Gasteiger partial charge < -0.3 is 5.32 Å². The summed E-state index contributed by atoms with van der Waals surface area (Å²) in [6.45, 7) is 0. The van der Waals surface area contributed by atoms with Crippen LogP contribution in [0, 0.1) is 0 Å². The first kappa shape index (κ1) is 20.2. The molecule has 0 aliphatic heterocycles. The molecule has 10 heteroatoms. The number of nitrogens with zero attached hydrogens (tertiary/aromatic N) is 2. The van der Waals surface area contributed by atoms with Gasteiger partial charge >= 0.3 is 6.03 Å². The van der Waals surface area contributed by atoms with Crippen LogP contribution in [0.25, 0.3) is 0 Å². The second kappa shape index (κ2) is 7.44. The first-order chi connectivity index (χ1) is 14.8. The minimum Gasteiger partial charge on any atom is -0.307 e. The predicted octanol–water partition coefficient (Wildman–Crippen LogP) is 3.86. The van der Waals surface area contributed by atoms with E-state index >= 15 is 0 Å². The molecule has 3 aliphatic carbocycles. The molecule has 31 heavy (non-hydrogen) atoms. The van der Waals surface area contributed by atoms with Gasteiger partial charge in [0.1, 0.15) is 0 Å². The lowest BCUT2D eigenvalue weighted by Gasteiger charge is -2.28. The Hall–Kier alpha value is -2.75. The average Bonchev–Trinajstić information content (AvgIpc) is 3.39. The van der Waals surface area contributed by atoms with E-state index in [4.69, 9.17) is 0 Å². The van der Waals surface area contributed by atoms with Gasteiger partial charge in [0.15, 0.2) is 5.03 Å². The van der Waals surface area contributed by atoms with Gasteiger partial charge in [0.25, 0.3) is 16.1 Å². The molecular weight excluding hydrogens is 426 g/mol. The molecule has 0 saturated heterocycles. The number of hydrogen-bond acceptors (Lipinski definition) is 4. The molecule has 164 valence electrons. The minimum absolute atomic E-state index is 0.0605. The van der Waals surface area contributed by atoms with Crippen LogP contribution in [-0.4, -0.2) is 24.2 Å². The lowest BCUT2D eigenvalue weighted by Crippen LogP contribution is -2.35. The molecule has 7 nitrogen and oxygen atoms in total. The summed E-state index contributed by atoms with van der Waals surface area (Å²) < 4.78 is 53.8. The molecule has 3 aliphatic rings. The van der Waals surface area contributed by atoms with Crippen molar-refractivity contribution in [2.24, 2.45) is 0 Å². The lowest BCUT2D eigenvalue weighted by molar-refractivity contribution is 0.256. The summed E-state index contributed by atoms with van der Waals surface area (Å²) in [5.74, 6) is 0. The third-order valence-corrected chi connectivity index (χ3v) is 7.63. The third-order valence-electron chi connectivity index (χ3n) is 6.40. The highest BCUT2D eigenvalue weighted by atomic mass is 32.2. The van der Waals surface area contributed by atoms with Crippen LogP contribution >= 0.6 is 0 Å². The van der Waals surface area contributed by atoms with Gasteiger partial charge in [-0.3, -0.25) is 4.68 Å². The molecule has 5 rings (SSSR count). The molecule has 2 amide bonds. The van der Waals surface area contributed by atoms with Crippen molar-refractivity contribution in [1.82, 2.24) is 14.5 Å². The SMILES string of the molecule is O=C(Nc1c2c(cc3c1CCC3)CCC2)NS(=O)(=O)c1ccn(C2CC(=C(F)F)C2)n1. The van der Waals surface area contributed by atoms with Crippen molar-refractivity contribution >= 4 is 21.7 Å². The van der Waals surface area contributed by atoms with E-state index in [0.717, 1.165) is 55.3 Å². The van der Waals surface area contributed by atoms with E-state index in [1.807, 2.05) is 4.72 Å². The van der Waals surface area contributed by atoms with E-state index in [-0.39, 0.29) is 29.5 Å². The summed E-state index contributed by atoms with van der Waals surface area (Å²) in [5.41, 5.74) is 5.48. The summed E-state index contributed by atoms with van der Waals surface area (Å²) in [5, 5.41) is 6.46. The van der Waals surface area contributed by atoms with Crippen molar-refractivity contribution < 1.29 is 22.0 Å². The monoisotopic (exact) mass is 448 g/mol. The quantitative estimate of drug-likeness (QED) is 0.743. The Labute approximate surface area is 178 Å². The Morgan fingerprint density at radius 2 is 1.71 bits per heavy atom. The number of benzene rings is 1. The maximum Gasteiger partial charge on any atom is 0.333 e. The zero-order valence-electron chi connectivity index (χ0n) is 16.7. The fourth-order valence-corrected chi connectivity index (χ4v) is 5.64. The van der Waals surface area contributed by atoms with Crippen molar-refractivity contribution in [3.05, 3.63) is 52.2 Å². The van der Waals surface area contributed by atoms with E-state index < -0.39 is 22.1 Å². The van der Waals surface area contributed by atoms with Crippen molar-refractivity contribution in [1.29, 1.82) is 0 Å². The molecule has 1 heterocycles. The smallest absolute Gasteiger partial charge is 0.307 e. The largest absolute Gasteiger partial charge is 0.333 e. The second-order valence-corrected chi connectivity index (χ2v) is 9.98. The van der Waals surface area contributed by atoms with E-state index in [1.165, 1.54) is 28.1 Å². The zero-order chi connectivity index (χ0) is 21.8. The first-order valence-electron chi connectivity index (χ1n) is 10.4. The van der Waals surface area contributed by atoms with Gasteiger partial charge in [0.2, 0.25) is 0 Å². The number of sulfonamides is 1. The number of nitrogens with one attached hydrogen (secondary N) is 2. The van der Waals surface area contributed by atoms with Crippen LogP contribution in [0.1, 0.15) is 54.0 Å². The standard InChI is InChI=1S/C21H22F2N4O3S/c22-20(23)14-10-15(11-14)27-8-7-18(25-27)31(29,30)26-21(28)24-19-16-5-1-3-12(16)9-13-4-2-6-17(13)19/h7-9,15H,1-6,10-11H2,(H2,24,26,28). The molecule has 0 spiro atoms. The number of carbonyl (C=O) groups excluding carboxylic acids is 1. The molecule has 1 fully saturated rings. The minimum atomic E-state index is -4.19. The number of amides is 2. The molecule has 0 radical (unpaired) electrons. The summed E-state index contributed by atoms with van der Waals surface area (Å²) in [7, 11) is -4.19. The van der Waals surface area contributed by atoms with Crippen LogP contribution in [-0.2, 0) is 35.7 Å². The molecule has 1 saturated carbocycles. The maximum absolute atomic E-state index is 12.6. The van der Waals surface area contributed by atoms with Crippen molar-refractivity contribution in [2.45, 2.75) is 62.4 Å². The summed E-state index contributed by atoms with van der Waals surface area (Å²) in [6, 6.07) is 2.37. The highest BCUT2D eigenvalue weighted by molar-refractivity contribution is 7.90. The number of allylic oxidation sites excluding steroid dienone is 1. The number of urea groups is 1. The van der Waals surface area contributed by atoms with Gasteiger partial charge in [0, 0.05) is 11.9 Å². The molecule has 2 N–H and O–H groups in total. The third kappa shape index (κ3) is 3.62. The molecule has 0 atom stereocenters. The molecular formula is C21H22F2N4O3S. The average molecular weight is 448 g/mol. The van der Waals surface area contributed by atoms with Crippen LogP contribution in [0.4, 0.5) is 19.3 Å². The van der Waals surface area contributed by atoms with Crippen LogP contribution in [0.5, 0.6) is 0 Å². The summed E-state index contributed by atoms with van der Waals surface area (Å²) in [4.78, 5) is 12.6. The van der Waals surface area contributed by atoms with Gasteiger partial charge in [0.05, 0.1) is 6.04 Å². The van der Waals surface area contributed by atoms with Gasteiger partial charge in [-0.15, -0.1) is 0 Å². The van der Waals surface area contributed by atoms with E-state index in [1.54, 1.807) is 0 Å². The Bertz CT molecular complexity index is 1180. The van der Waals surface area contributed by atoms with Gasteiger partial charge in [-0.2, -0.15) is 22.3 Å². The number of rotatable bonds is 4. The number of aromatic nitrogens is 2. The fraction of sp³-hybridized carbons (Fsp3) is 0.429. The number of aryl methyl sites for hydroxylation is 2. The second-order valence-electron chi connectivity index (χ2n) is 8.35. The fourth-order valence-electron chi connectivity index (χ4n) is 4.80. The van der Waals surface area contributed by atoms with Gasteiger partial charge in [-0.25, -0.2) is 9.52 Å². The zero-order valence-corrected chi connectivity index (χ0v) is 17.6. The van der Waals surface area contributed by atoms with E-state index in [9.17, 15) is 22.0 Å². The Kier molecular flexibility index (Phi) is 4.84. The van der Waals surface area contributed by atoms with E-state index in [0.29, 0.717) is 0 Å². The summed E-state index contributed by atoms with van der Waals surface area (Å²) >= 11 is 0. The Morgan fingerprint density at radius 3 is 2.32 bits per heavy atom. The first-order valence-corrected chi connectivity index (χ1v) is 11.9. The molecule has 1 aromatic carbocycles. The van der Waals surface area contributed by atoms with Crippen LogP contribution in [0.3, 0.4) is 0 Å². The predicted molar refractivity (Wildman–Crippen MR) is 110 cm³/mol. The Balaban J connectivity index is 1.31. The topological polar surface area (TPSA) is 93.1 Å². The van der Waals surface area contributed by atoms with E-state index in [2.05, 4.69) is 16.5 Å². The number of fused-ring (bicyclic) bond motifs is 2. The summed E-state index contributed by atoms with van der Waals surface area (Å²) in [6.07, 6.45) is 5.75. The van der Waals surface area contributed by atoms with Crippen LogP contribution in [0.2, 0.25) is 0 Å². The number of anilines is 1. The lowest BCUT2D eigenvalue weighted by atomic mass is 9.87. The molecule has 2 aromatic rings. The van der Waals surface area contributed by atoms with Crippen LogP contribution in [0.15, 0.2) is 35.0 Å². The van der Waals surface area contributed by atoms with Crippen molar-refractivity contribution in [3.63, 3.8) is 0 Å². The number of hydrogen-bond donors (Lipinski definition) is 2. The van der Waals surface area contributed by atoms with Crippen LogP contribution < -0.4 is 10.0 Å². The Morgan fingerprint density at radius 1 is 1.06 bits per heavy atom. The normalized spacial score (nSPS) is 19.5. The maximum atomic E-state index is 12.6. The highest BCUT2D eigenvalue weighted by Crippen LogP contribution is 2.40. The number of halogens is 2.